The molecule has 0 aliphatic heterocycles. The van der Waals surface area contributed by atoms with Gasteiger partial charge in [-0.15, -0.1) is 0 Å². The van der Waals surface area contributed by atoms with Gasteiger partial charge in [0.15, 0.2) is 11.5 Å². The van der Waals surface area contributed by atoms with Crippen molar-refractivity contribution in [1.29, 1.82) is 0 Å². The number of carboxylic acid groups (broad SMARTS) is 1. The molecule has 0 amide bonds. The predicted molar refractivity (Wildman–Crippen MR) is 58.2 cm³/mol. The number of carbonyl (C=O) groups is 1. The number of aromatic carboxylic acids is 1. The van der Waals surface area contributed by atoms with Gasteiger partial charge in [0.25, 0.3) is 0 Å². The molecule has 16 heavy (non-hydrogen) atoms. The minimum atomic E-state index is -1.05. The second-order valence-electron chi connectivity index (χ2n) is 3.73. The van der Waals surface area contributed by atoms with Gasteiger partial charge < -0.3 is 9.84 Å². The predicted octanol–water partition coefficient (Wildman–Crippen LogP) is 1.91. The minimum Gasteiger partial charge on any atom is -0.477 e. The van der Waals surface area contributed by atoms with Crippen LogP contribution in [0.15, 0.2) is 12.3 Å². The van der Waals surface area contributed by atoms with Gasteiger partial charge in [0.05, 0.1) is 0 Å². The largest absolute Gasteiger partial charge is 0.477 e. The topological polar surface area (TPSA) is 72.3 Å². The molecule has 0 fully saturated rings. The first kappa shape index (κ1) is 12.6. The van der Waals surface area contributed by atoms with Crippen LogP contribution in [0.5, 0.6) is 0 Å². The summed E-state index contributed by atoms with van der Waals surface area (Å²) in [5.74, 6) is -0.427. The van der Waals surface area contributed by atoms with E-state index in [4.69, 9.17) is 9.84 Å². The summed E-state index contributed by atoms with van der Waals surface area (Å²) in [5.41, 5.74) is -0.00430. The number of ether oxygens (including phenoxy) is 1. The first-order chi connectivity index (χ1) is 7.56. The summed E-state index contributed by atoms with van der Waals surface area (Å²) in [7, 11) is 0. The first-order valence-corrected chi connectivity index (χ1v) is 5.24. The Kier molecular flexibility index (Phi) is 4.37. The Morgan fingerprint density at radius 1 is 1.56 bits per heavy atom. The summed E-state index contributed by atoms with van der Waals surface area (Å²) in [4.78, 5) is 18.8. The van der Waals surface area contributed by atoms with Gasteiger partial charge in [-0.05, 0) is 18.9 Å². The van der Waals surface area contributed by atoms with Crippen molar-refractivity contribution in [2.24, 2.45) is 5.92 Å². The maximum absolute atomic E-state index is 10.8. The van der Waals surface area contributed by atoms with Crippen LogP contribution in [0.25, 0.3) is 0 Å². The molecule has 0 aliphatic carbocycles. The number of carboxylic acids is 1. The zero-order valence-corrected chi connectivity index (χ0v) is 9.67. The van der Waals surface area contributed by atoms with Crippen LogP contribution in [0.3, 0.4) is 0 Å². The van der Waals surface area contributed by atoms with Crippen LogP contribution in [-0.4, -0.2) is 27.7 Å². The molecule has 1 rings (SSSR count). The fraction of sp³-hybridized carbons (Fsp3) is 0.545. The van der Waals surface area contributed by atoms with E-state index in [0.29, 0.717) is 12.4 Å². The number of hydrogen-bond donors (Lipinski definition) is 1. The second-order valence-corrected chi connectivity index (χ2v) is 3.73. The van der Waals surface area contributed by atoms with Crippen molar-refractivity contribution in [3.8, 4) is 0 Å². The molecule has 1 aromatic heterocycles. The lowest BCUT2D eigenvalue weighted by molar-refractivity contribution is 0.0229. The third-order valence-corrected chi connectivity index (χ3v) is 2.10. The molecule has 5 nitrogen and oxygen atoms in total. The highest BCUT2D eigenvalue weighted by Crippen LogP contribution is 2.22. The van der Waals surface area contributed by atoms with Crippen molar-refractivity contribution in [2.75, 3.05) is 6.61 Å². The highest BCUT2D eigenvalue weighted by atomic mass is 16.5. The Labute approximate surface area is 94.5 Å². The molecule has 1 atom stereocenters. The SMILES string of the molecule is CCOC(c1nccc(C(=O)O)n1)C(C)C. The molecule has 5 heteroatoms. The van der Waals surface area contributed by atoms with Gasteiger partial charge in [-0.3, -0.25) is 0 Å². The summed E-state index contributed by atoms with van der Waals surface area (Å²) in [6.07, 6.45) is 1.18. The highest BCUT2D eigenvalue weighted by Gasteiger charge is 2.20. The molecule has 1 N–H and O–H groups in total. The lowest BCUT2D eigenvalue weighted by atomic mass is 10.1. The third-order valence-electron chi connectivity index (χ3n) is 2.10. The molecular formula is C11H16N2O3. The van der Waals surface area contributed by atoms with Gasteiger partial charge >= 0.3 is 5.97 Å². The number of rotatable bonds is 5. The summed E-state index contributed by atoms with van der Waals surface area (Å²) >= 11 is 0. The molecule has 1 aromatic rings. The number of nitrogens with zero attached hydrogens (tertiary/aromatic N) is 2. The molecule has 1 heterocycles. The maximum Gasteiger partial charge on any atom is 0.354 e. The highest BCUT2D eigenvalue weighted by molar-refractivity contribution is 5.85. The quantitative estimate of drug-likeness (QED) is 0.827. The Hall–Kier alpha value is -1.49. The van der Waals surface area contributed by atoms with Crippen LogP contribution < -0.4 is 0 Å². The average molecular weight is 224 g/mol. The van der Waals surface area contributed by atoms with Gasteiger partial charge in [-0.2, -0.15) is 0 Å². The zero-order chi connectivity index (χ0) is 12.1. The maximum atomic E-state index is 10.8. The smallest absolute Gasteiger partial charge is 0.354 e. The van der Waals surface area contributed by atoms with Crippen LogP contribution in [-0.2, 0) is 4.74 Å². The summed E-state index contributed by atoms with van der Waals surface area (Å²) < 4.78 is 5.51. The molecule has 0 spiro atoms. The fourth-order valence-electron chi connectivity index (χ4n) is 1.37. The average Bonchev–Trinajstić information content (AvgIpc) is 2.25. The van der Waals surface area contributed by atoms with Gasteiger partial charge in [-0.1, -0.05) is 13.8 Å². The Bertz CT molecular complexity index is 366. The lowest BCUT2D eigenvalue weighted by Crippen LogP contribution is -2.16. The first-order valence-electron chi connectivity index (χ1n) is 5.24. The molecule has 0 saturated carbocycles. The van der Waals surface area contributed by atoms with E-state index in [1.54, 1.807) is 0 Å². The van der Waals surface area contributed by atoms with E-state index >= 15 is 0 Å². The zero-order valence-electron chi connectivity index (χ0n) is 9.67. The van der Waals surface area contributed by atoms with E-state index in [1.165, 1.54) is 12.3 Å². The van der Waals surface area contributed by atoms with E-state index < -0.39 is 5.97 Å². The number of aromatic nitrogens is 2. The van der Waals surface area contributed by atoms with Crippen LogP contribution in [0.2, 0.25) is 0 Å². The van der Waals surface area contributed by atoms with Crippen molar-refractivity contribution in [1.82, 2.24) is 9.97 Å². The summed E-state index contributed by atoms with van der Waals surface area (Å²) in [6, 6.07) is 1.37. The third kappa shape index (κ3) is 3.00. The van der Waals surface area contributed by atoms with Gasteiger partial charge in [0.1, 0.15) is 6.10 Å². The van der Waals surface area contributed by atoms with Crippen LogP contribution in [0.1, 0.15) is 43.2 Å². The van der Waals surface area contributed by atoms with E-state index in [1.807, 2.05) is 20.8 Å². The van der Waals surface area contributed by atoms with Crippen molar-refractivity contribution in [3.63, 3.8) is 0 Å². The van der Waals surface area contributed by atoms with Crippen molar-refractivity contribution < 1.29 is 14.6 Å². The van der Waals surface area contributed by atoms with Crippen LogP contribution in [0.4, 0.5) is 0 Å². The standard InChI is InChI=1S/C11H16N2O3/c1-4-16-9(7(2)3)10-12-6-5-8(13-10)11(14)15/h5-7,9H,4H2,1-3H3,(H,14,15). The van der Waals surface area contributed by atoms with E-state index in [9.17, 15) is 4.79 Å². The van der Waals surface area contributed by atoms with Crippen LogP contribution in [0, 0.1) is 5.92 Å². The lowest BCUT2D eigenvalue weighted by Gasteiger charge is -2.19. The monoisotopic (exact) mass is 224 g/mol. The van der Waals surface area contributed by atoms with Gasteiger partial charge in [0, 0.05) is 12.8 Å². The van der Waals surface area contributed by atoms with Crippen molar-refractivity contribution in [2.45, 2.75) is 26.9 Å². The van der Waals surface area contributed by atoms with Gasteiger partial charge in [0.2, 0.25) is 0 Å². The van der Waals surface area contributed by atoms with Crippen molar-refractivity contribution >= 4 is 5.97 Å². The Morgan fingerprint density at radius 3 is 2.75 bits per heavy atom. The Balaban J connectivity index is 3.00. The number of hydrogen-bond acceptors (Lipinski definition) is 4. The fourth-order valence-corrected chi connectivity index (χ4v) is 1.37. The van der Waals surface area contributed by atoms with E-state index in [-0.39, 0.29) is 17.7 Å². The summed E-state index contributed by atoms with van der Waals surface area (Å²) in [6.45, 7) is 6.40. The second kappa shape index (κ2) is 5.55. The normalized spacial score (nSPS) is 12.8. The molecule has 0 saturated heterocycles. The molecular weight excluding hydrogens is 208 g/mol. The minimum absolute atomic E-state index is 0.00430. The molecule has 88 valence electrons. The van der Waals surface area contributed by atoms with E-state index in [2.05, 4.69) is 9.97 Å². The molecule has 0 aliphatic rings. The molecule has 0 bridgehead atoms. The molecule has 1 unspecified atom stereocenters. The molecule has 0 radical (unpaired) electrons. The summed E-state index contributed by atoms with van der Waals surface area (Å²) in [5, 5.41) is 8.83. The van der Waals surface area contributed by atoms with Crippen molar-refractivity contribution in [3.05, 3.63) is 23.8 Å². The molecule has 0 aromatic carbocycles. The van der Waals surface area contributed by atoms with Crippen LogP contribution >= 0.6 is 0 Å². The van der Waals surface area contributed by atoms with Gasteiger partial charge in [-0.25, -0.2) is 14.8 Å². The van der Waals surface area contributed by atoms with E-state index in [0.717, 1.165) is 0 Å². The Morgan fingerprint density at radius 2 is 2.25 bits per heavy atom.